The van der Waals surface area contributed by atoms with Gasteiger partial charge in [0, 0.05) is 42.6 Å². The van der Waals surface area contributed by atoms with E-state index < -0.39 is 5.82 Å². The first-order chi connectivity index (χ1) is 17.4. The maximum atomic E-state index is 13.7. The Bertz CT molecular complexity index is 1190. The van der Waals surface area contributed by atoms with Crippen LogP contribution in [0.3, 0.4) is 0 Å². The number of hydrogen-bond acceptors (Lipinski definition) is 7. The number of carbonyl (C=O) groups excluding carboxylic acids is 2. The second-order valence-corrected chi connectivity index (χ2v) is 9.46. The summed E-state index contributed by atoms with van der Waals surface area (Å²) in [6, 6.07) is 12.1. The molecule has 8 nitrogen and oxygen atoms in total. The number of anilines is 4. The van der Waals surface area contributed by atoms with E-state index in [0.29, 0.717) is 36.5 Å². The fraction of sp³-hybridized carbons (Fsp3) is 0.346. The Balaban J connectivity index is 1.53. The lowest BCUT2D eigenvalue weighted by molar-refractivity contribution is -0.118. The predicted octanol–water partition coefficient (Wildman–Crippen LogP) is 4.47. The Morgan fingerprint density at radius 1 is 1.06 bits per heavy atom. The lowest BCUT2D eigenvalue weighted by atomic mass is 10.1. The molecule has 0 unspecified atom stereocenters. The van der Waals surface area contributed by atoms with Gasteiger partial charge in [0.2, 0.25) is 11.8 Å². The van der Waals surface area contributed by atoms with Crippen molar-refractivity contribution in [3.05, 3.63) is 53.7 Å². The number of nitrogen functional groups attached to an aromatic ring is 1. The van der Waals surface area contributed by atoms with Crippen molar-refractivity contribution in [3.63, 3.8) is 0 Å². The van der Waals surface area contributed by atoms with Crippen molar-refractivity contribution >= 4 is 45.3 Å². The lowest BCUT2D eigenvalue weighted by Crippen LogP contribution is -2.36. The maximum absolute atomic E-state index is 13.7. The van der Waals surface area contributed by atoms with Crippen LogP contribution in [0, 0.1) is 5.82 Å². The van der Waals surface area contributed by atoms with E-state index >= 15 is 0 Å². The van der Waals surface area contributed by atoms with Gasteiger partial charge in [0.1, 0.15) is 5.82 Å². The second-order valence-electron chi connectivity index (χ2n) is 8.62. The molecule has 0 aliphatic carbocycles. The fourth-order valence-corrected chi connectivity index (χ4v) is 4.96. The van der Waals surface area contributed by atoms with Crippen LogP contribution in [0.1, 0.15) is 32.1 Å². The number of thiazole rings is 1. The Labute approximate surface area is 213 Å². The molecule has 10 heteroatoms. The number of nitrogens with two attached hydrogens (primary N) is 2. The summed E-state index contributed by atoms with van der Waals surface area (Å²) in [6.07, 6.45) is 2.44. The molecule has 36 heavy (non-hydrogen) atoms. The summed E-state index contributed by atoms with van der Waals surface area (Å²) < 4.78 is 19.1. The molecule has 190 valence electrons. The number of amides is 2. The highest BCUT2D eigenvalue weighted by molar-refractivity contribution is 7.14. The summed E-state index contributed by atoms with van der Waals surface area (Å²) >= 11 is 1.32. The summed E-state index contributed by atoms with van der Waals surface area (Å²) in [5, 5.41) is 2.36. The molecule has 4 rings (SSSR count). The third-order valence-electron chi connectivity index (χ3n) is 6.02. The van der Waals surface area contributed by atoms with Crippen molar-refractivity contribution < 1.29 is 18.7 Å². The van der Waals surface area contributed by atoms with Gasteiger partial charge in [0.15, 0.2) is 5.13 Å². The van der Waals surface area contributed by atoms with E-state index in [2.05, 4.69) is 17.0 Å². The molecular formula is C26H30FN5O3S. The average molecular weight is 512 g/mol. The highest BCUT2D eigenvalue weighted by atomic mass is 32.1. The molecule has 0 spiro atoms. The van der Waals surface area contributed by atoms with Crippen LogP contribution in [-0.4, -0.2) is 43.1 Å². The SMILES string of the molecule is NC(=O)CCCCCC(=O)N(c1nc(-c2ccc(N3CCOCC3)cc2)cs1)c1ccc(F)cc1N. The largest absolute Gasteiger partial charge is 0.397 e. The maximum Gasteiger partial charge on any atom is 0.233 e. The van der Waals surface area contributed by atoms with Crippen LogP contribution in [0.25, 0.3) is 11.3 Å². The number of rotatable bonds is 10. The van der Waals surface area contributed by atoms with Crippen molar-refractivity contribution in [2.24, 2.45) is 5.73 Å². The van der Waals surface area contributed by atoms with Crippen LogP contribution in [-0.2, 0) is 14.3 Å². The molecule has 0 saturated carbocycles. The van der Waals surface area contributed by atoms with Gasteiger partial charge >= 0.3 is 0 Å². The average Bonchev–Trinajstić information content (AvgIpc) is 3.35. The van der Waals surface area contributed by atoms with Crippen LogP contribution in [0.2, 0.25) is 0 Å². The zero-order valence-corrected chi connectivity index (χ0v) is 20.8. The molecule has 0 radical (unpaired) electrons. The Morgan fingerprint density at radius 2 is 1.78 bits per heavy atom. The van der Waals surface area contributed by atoms with Crippen molar-refractivity contribution in [1.82, 2.24) is 4.98 Å². The van der Waals surface area contributed by atoms with Gasteiger partial charge in [-0.15, -0.1) is 11.3 Å². The number of unbranched alkanes of at least 4 members (excludes halogenated alkanes) is 2. The molecule has 1 aliphatic heterocycles. The van der Waals surface area contributed by atoms with E-state index in [1.165, 1.54) is 34.4 Å². The van der Waals surface area contributed by atoms with Crippen LogP contribution in [0.15, 0.2) is 47.8 Å². The Kier molecular flexibility index (Phi) is 8.50. The number of morpholine rings is 1. The van der Waals surface area contributed by atoms with E-state index in [9.17, 15) is 14.0 Å². The van der Waals surface area contributed by atoms with Gasteiger partial charge in [-0.25, -0.2) is 9.37 Å². The highest BCUT2D eigenvalue weighted by Crippen LogP contribution is 2.36. The van der Waals surface area contributed by atoms with Gasteiger partial charge in [-0.05, 0) is 43.2 Å². The van der Waals surface area contributed by atoms with Gasteiger partial charge in [-0.2, -0.15) is 0 Å². The molecule has 1 aliphatic rings. The summed E-state index contributed by atoms with van der Waals surface area (Å²) in [7, 11) is 0. The summed E-state index contributed by atoms with van der Waals surface area (Å²) in [4.78, 5) is 32.7. The van der Waals surface area contributed by atoms with Crippen molar-refractivity contribution in [2.45, 2.75) is 32.1 Å². The zero-order valence-electron chi connectivity index (χ0n) is 20.0. The molecule has 3 aromatic rings. The van der Waals surface area contributed by atoms with Crippen molar-refractivity contribution in [2.75, 3.05) is 41.8 Å². The number of benzene rings is 2. The number of hydrogen-bond donors (Lipinski definition) is 2. The second kappa shape index (κ2) is 12.0. The molecule has 1 fully saturated rings. The molecule has 2 amide bonds. The number of halogens is 1. The molecular weight excluding hydrogens is 481 g/mol. The van der Waals surface area contributed by atoms with Crippen LogP contribution in [0.4, 0.5) is 26.6 Å². The van der Waals surface area contributed by atoms with Crippen molar-refractivity contribution in [1.29, 1.82) is 0 Å². The van der Waals surface area contributed by atoms with E-state index in [1.807, 2.05) is 17.5 Å². The number of primary amides is 1. The standard InChI is InChI=1S/C26H30FN5O3S/c27-19-8-11-23(21(28)16-19)32(25(34)5-3-1-2-4-24(29)33)26-30-22(17-36-26)18-6-9-20(10-7-18)31-12-14-35-15-13-31/h6-11,16-17H,1-5,12-15,28H2,(H2,29,33). The van der Waals surface area contributed by atoms with E-state index in [4.69, 9.17) is 21.2 Å². The van der Waals surface area contributed by atoms with Gasteiger partial charge in [0.05, 0.1) is 30.3 Å². The number of nitrogens with zero attached hydrogens (tertiary/aromatic N) is 3. The number of ether oxygens (including phenoxy) is 1. The lowest BCUT2D eigenvalue weighted by Gasteiger charge is -2.28. The summed E-state index contributed by atoms with van der Waals surface area (Å²) in [6.45, 7) is 3.16. The topological polar surface area (TPSA) is 115 Å². The highest BCUT2D eigenvalue weighted by Gasteiger charge is 2.23. The minimum atomic E-state index is -0.477. The first kappa shape index (κ1) is 25.6. The Morgan fingerprint density at radius 3 is 2.47 bits per heavy atom. The molecule has 1 aromatic heterocycles. The van der Waals surface area contributed by atoms with Gasteiger partial charge < -0.3 is 21.1 Å². The minimum Gasteiger partial charge on any atom is -0.397 e. The van der Waals surface area contributed by atoms with Crippen LogP contribution < -0.4 is 21.3 Å². The Hall–Kier alpha value is -3.50. The summed E-state index contributed by atoms with van der Waals surface area (Å²) in [5.41, 5.74) is 14.6. The summed E-state index contributed by atoms with van der Waals surface area (Å²) in [5.74, 6) is -1.03. The quantitative estimate of drug-likeness (QED) is 0.307. The normalized spacial score (nSPS) is 13.5. The van der Waals surface area contributed by atoms with Crippen LogP contribution >= 0.6 is 11.3 Å². The third kappa shape index (κ3) is 6.38. The van der Waals surface area contributed by atoms with Gasteiger partial charge in [0.25, 0.3) is 0 Å². The first-order valence-electron chi connectivity index (χ1n) is 12.0. The smallest absolute Gasteiger partial charge is 0.233 e. The molecule has 2 aromatic carbocycles. The third-order valence-corrected chi connectivity index (χ3v) is 6.84. The number of carbonyl (C=O) groups is 2. The predicted molar refractivity (Wildman–Crippen MR) is 141 cm³/mol. The molecule has 0 bridgehead atoms. The van der Waals surface area contributed by atoms with Crippen molar-refractivity contribution in [3.8, 4) is 11.3 Å². The van der Waals surface area contributed by atoms with Gasteiger partial charge in [-0.3, -0.25) is 14.5 Å². The van der Waals surface area contributed by atoms with E-state index in [-0.39, 0.29) is 23.9 Å². The van der Waals surface area contributed by atoms with Crippen LogP contribution in [0.5, 0.6) is 0 Å². The minimum absolute atomic E-state index is 0.156. The zero-order chi connectivity index (χ0) is 25.5. The number of aromatic nitrogens is 1. The molecule has 0 atom stereocenters. The monoisotopic (exact) mass is 511 g/mol. The van der Waals surface area contributed by atoms with Gasteiger partial charge in [-0.1, -0.05) is 18.6 Å². The molecule has 1 saturated heterocycles. The molecule has 2 heterocycles. The van der Waals surface area contributed by atoms with E-state index in [0.717, 1.165) is 43.2 Å². The fourth-order valence-electron chi connectivity index (χ4n) is 4.10. The van der Waals surface area contributed by atoms with E-state index in [1.54, 1.807) is 0 Å². The first-order valence-corrected chi connectivity index (χ1v) is 12.9. The molecule has 4 N–H and O–H groups in total.